The lowest BCUT2D eigenvalue weighted by Crippen LogP contribution is -2.30. The Bertz CT molecular complexity index is 805. The normalized spacial score (nSPS) is 11.3. The fourth-order valence-electron chi connectivity index (χ4n) is 2.08. The molecule has 2 aromatic rings. The third-order valence-electron chi connectivity index (χ3n) is 3.40. The Hall–Kier alpha value is -3.33. The molecule has 0 aliphatic heterocycles. The Kier molecular flexibility index (Phi) is 6.34. The van der Waals surface area contributed by atoms with E-state index in [-0.39, 0.29) is 12.0 Å². The molecule has 26 heavy (non-hydrogen) atoms. The summed E-state index contributed by atoms with van der Waals surface area (Å²) in [4.78, 5) is 24.0. The minimum absolute atomic E-state index is 0.192. The van der Waals surface area contributed by atoms with Gasteiger partial charge in [0.15, 0.2) is 6.10 Å². The van der Waals surface area contributed by atoms with Crippen LogP contribution in [0.4, 0.5) is 5.69 Å². The van der Waals surface area contributed by atoms with Crippen LogP contribution < -0.4 is 10.1 Å². The Morgan fingerprint density at radius 2 is 1.62 bits per heavy atom. The van der Waals surface area contributed by atoms with Crippen LogP contribution in [0.15, 0.2) is 48.5 Å². The van der Waals surface area contributed by atoms with E-state index in [1.54, 1.807) is 69.3 Å². The number of carbonyl (C=O) groups excluding carboxylic acids is 2. The Balaban J connectivity index is 1.93. The maximum Gasteiger partial charge on any atom is 0.338 e. The van der Waals surface area contributed by atoms with Gasteiger partial charge in [0, 0.05) is 5.69 Å². The number of nitrogens with zero attached hydrogens (tertiary/aromatic N) is 1. The van der Waals surface area contributed by atoms with Crippen molar-refractivity contribution < 1.29 is 19.1 Å². The van der Waals surface area contributed by atoms with Gasteiger partial charge in [0.05, 0.1) is 23.3 Å². The Morgan fingerprint density at radius 1 is 1.00 bits per heavy atom. The highest BCUT2D eigenvalue weighted by molar-refractivity contribution is 5.95. The molecule has 2 rings (SSSR count). The third kappa shape index (κ3) is 5.35. The molecule has 0 radical (unpaired) electrons. The van der Waals surface area contributed by atoms with E-state index in [1.807, 2.05) is 6.07 Å². The van der Waals surface area contributed by atoms with Gasteiger partial charge in [-0.2, -0.15) is 5.26 Å². The fraction of sp³-hybridized carbons (Fsp3) is 0.250. The van der Waals surface area contributed by atoms with E-state index in [4.69, 9.17) is 14.7 Å². The van der Waals surface area contributed by atoms with Crippen molar-refractivity contribution in [2.75, 3.05) is 5.32 Å². The van der Waals surface area contributed by atoms with E-state index in [0.29, 0.717) is 22.6 Å². The number of nitriles is 1. The third-order valence-corrected chi connectivity index (χ3v) is 3.40. The van der Waals surface area contributed by atoms with E-state index >= 15 is 0 Å². The number of anilines is 1. The summed E-state index contributed by atoms with van der Waals surface area (Å²) in [6.45, 7) is 5.19. The minimum atomic E-state index is -0.728. The smallest absolute Gasteiger partial charge is 0.338 e. The van der Waals surface area contributed by atoms with Crippen molar-refractivity contribution in [3.05, 3.63) is 59.7 Å². The first-order valence-electron chi connectivity index (χ1n) is 8.17. The van der Waals surface area contributed by atoms with Gasteiger partial charge in [-0.15, -0.1) is 0 Å². The molecule has 0 fully saturated rings. The van der Waals surface area contributed by atoms with Crippen LogP contribution >= 0.6 is 0 Å². The first-order chi connectivity index (χ1) is 12.4. The van der Waals surface area contributed by atoms with Crippen LogP contribution in [-0.2, 0) is 9.53 Å². The molecular weight excluding hydrogens is 332 g/mol. The van der Waals surface area contributed by atoms with Crippen LogP contribution in [0.25, 0.3) is 0 Å². The van der Waals surface area contributed by atoms with Crippen molar-refractivity contribution in [3.8, 4) is 11.8 Å². The number of benzene rings is 2. The fourth-order valence-corrected chi connectivity index (χ4v) is 2.08. The van der Waals surface area contributed by atoms with Crippen molar-refractivity contribution in [2.45, 2.75) is 33.0 Å². The lowest BCUT2D eigenvalue weighted by atomic mass is 10.2. The van der Waals surface area contributed by atoms with Gasteiger partial charge < -0.3 is 14.8 Å². The Labute approximate surface area is 152 Å². The van der Waals surface area contributed by atoms with Crippen LogP contribution in [0.2, 0.25) is 0 Å². The average Bonchev–Trinajstić information content (AvgIpc) is 2.62. The maximum absolute atomic E-state index is 12.2. The molecule has 0 aliphatic rings. The van der Waals surface area contributed by atoms with Crippen LogP contribution in [0.3, 0.4) is 0 Å². The second-order valence-electron chi connectivity index (χ2n) is 5.92. The summed E-state index contributed by atoms with van der Waals surface area (Å²) in [7, 11) is 0. The van der Waals surface area contributed by atoms with Gasteiger partial charge in [-0.05, 0) is 69.3 Å². The quantitative estimate of drug-likeness (QED) is 0.804. The van der Waals surface area contributed by atoms with Gasteiger partial charge in [-0.3, -0.25) is 4.79 Å². The standard InChI is InChI=1S/C20H20N2O4/c1-13(2)25-20(24)16-6-8-17(9-7-16)22-19(23)14(3)26-18-10-4-15(12-21)5-11-18/h4-11,13-14H,1-3H3,(H,22,23)/t14-/m1/s1. The van der Waals surface area contributed by atoms with E-state index in [9.17, 15) is 9.59 Å². The maximum atomic E-state index is 12.2. The molecule has 0 aromatic heterocycles. The Morgan fingerprint density at radius 3 is 2.15 bits per heavy atom. The molecule has 2 aromatic carbocycles. The second kappa shape index (κ2) is 8.67. The van der Waals surface area contributed by atoms with Crippen molar-refractivity contribution in [2.24, 2.45) is 0 Å². The van der Waals surface area contributed by atoms with Crippen LogP contribution in [0.5, 0.6) is 5.75 Å². The van der Waals surface area contributed by atoms with Gasteiger partial charge in [-0.25, -0.2) is 4.79 Å². The molecule has 1 atom stereocenters. The summed E-state index contributed by atoms with van der Waals surface area (Å²) < 4.78 is 10.7. The number of rotatable bonds is 6. The molecule has 6 nitrogen and oxygen atoms in total. The molecule has 1 N–H and O–H groups in total. The van der Waals surface area contributed by atoms with Gasteiger partial charge >= 0.3 is 5.97 Å². The molecule has 1 amide bonds. The first kappa shape index (κ1) is 19.0. The monoisotopic (exact) mass is 352 g/mol. The number of nitrogens with one attached hydrogen (secondary N) is 1. The van der Waals surface area contributed by atoms with Crippen LogP contribution in [-0.4, -0.2) is 24.1 Å². The van der Waals surface area contributed by atoms with E-state index in [2.05, 4.69) is 5.32 Å². The van der Waals surface area contributed by atoms with E-state index < -0.39 is 12.1 Å². The summed E-state index contributed by atoms with van der Waals surface area (Å²) in [5.41, 5.74) is 1.48. The molecular formula is C20H20N2O4. The number of hydrogen-bond donors (Lipinski definition) is 1. The SMILES string of the molecule is CC(C)OC(=O)c1ccc(NC(=O)[C@@H](C)Oc2ccc(C#N)cc2)cc1. The van der Waals surface area contributed by atoms with Crippen LogP contribution in [0, 0.1) is 11.3 Å². The second-order valence-corrected chi connectivity index (χ2v) is 5.92. The van der Waals surface area contributed by atoms with E-state index in [1.165, 1.54) is 0 Å². The van der Waals surface area contributed by atoms with Crippen molar-refractivity contribution >= 4 is 17.6 Å². The number of amides is 1. The molecule has 134 valence electrons. The molecule has 0 heterocycles. The summed E-state index contributed by atoms with van der Waals surface area (Å²) >= 11 is 0. The summed E-state index contributed by atoms with van der Waals surface area (Å²) in [6.07, 6.45) is -0.921. The minimum Gasteiger partial charge on any atom is -0.481 e. The summed E-state index contributed by atoms with van der Waals surface area (Å²) in [6, 6.07) is 15.0. The molecule has 0 aliphatic carbocycles. The average molecular weight is 352 g/mol. The zero-order chi connectivity index (χ0) is 19.1. The first-order valence-corrected chi connectivity index (χ1v) is 8.17. The number of ether oxygens (including phenoxy) is 2. The lowest BCUT2D eigenvalue weighted by molar-refractivity contribution is -0.122. The van der Waals surface area contributed by atoms with Gasteiger partial charge in [0.1, 0.15) is 5.75 Å². The van der Waals surface area contributed by atoms with E-state index in [0.717, 1.165) is 0 Å². The van der Waals surface area contributed by atoms with Crippen molar-refractivity contribution in [3.63, 3.8) is 0 Å². The predicted molar refractivity (Wildman–Crippen MR) is 96.9 cm³/mol. The molecule has 0 saturated heterocycles. The summed E-state index contributed by atoms with van der Waals surface area (Å²) in [5, 5.41) is 11.5. The highest BCUT2D eigenvalue weighted by Crippen LogP contribution is 2.15. The number of carbonyl (C=O) groups is 2. The molecule has 6 heteroatoms. The van der Waals surface area contributed by atoms with Gasteiger partial charge in [0.25, 0.3) is 5.91 Å². The molecule has 0 unspecified atom stereocenters. The largest absolute Gasteiger partial charge is 0.481 e. The zero-order valence-corrected chi connectivity index (χ0v) is 14.9. The van der Waals surface area contributed by atoms with Crippen LogP contribution in [0.1, 0.15) is 36.7 Å². The van der Waals surface area contributed by atoms with Crippen molar-refractivity contribution in [1.29, 1.82) is 5.26 Å². The zero-order valence-electron chi connectivity index (χ0n) is 14.9. The van der Waals surface area contributed by atoms with Gasteiger partial charge in [0.2, 0.25) is 0 Å². The molecule has 0 saturated carbocycles. The highest BCUT2D eigenvalue weighted by atomic mass is 16.5. The highest BCUT2D eigenvalue weighted by Gasteiger charge is 2.15. The molecule has 0 spiro atoms. The topological polar surface area (TPSA) is 88.4 Å². The number of hydrogen-bond acceptors (Lipinski definition) is 5. The summed E-state index contributed by atoms with van der Waals surface area (Å²) in [5.74, 6) is -0.235. The predicted octanol–water partition coefficient (Wildman–Crippen LogP) is 3.53. The lowest BCUT2D eigenvalue weighted by Gasteiger charge is -2.15. The molecule has 0 bridgehead atoms. The van der Waals surface area contributed by atoms with Crippen molar-refractivity contribution in [1.82, 2.24) is 0 Å². The number of esters is 1. The van der Waals surface area contributed by atoms with Gasteiger partial charge in [-0.1, -0.05) is 0 Å².